The summed E-state index contributed by atoms with van der Waals surface area (Å²) in [5.74, 6) is 6.42. The fraction of sp³-hybridized carbons (Fsp3) is 0.227. The number of carboxylic acid groups (broad SMARTS) is 2. The van der Waals surface area contributed by atoms with E-state index in [-0.39, 0.29) is 113 Å². The van der Waals surface area contributed by atoms with E-state index in [2.05, 4.69) is 58.6 Å². The van der Waals surface area contributed by atoms with Gasteiger partial charge in [0.05, 0.1) is 35.8 Å². The number of carboxylic acids is 2. The number of phosphoric acid groups is 3. The molecule has 6 aromatic rings. The molecule has 13 N–H and O–H groups in total. The highest BCUT2D eigenvalue weighted by Gasteiger charge is 2.44. The second-order valence-corrected chi connectivity index (χ2v) is 30.1. The van der Waals surface area contributed by atoms with Crippen molar-refractivity contribution in [2.24, 2.45) is 0 Å². The monoisotopic (exact) mass is 1570 g/mol. The van der Waals surface area contributed by atoms with E-state index in [1.807, 2.05) is 74.1 Å². The predicted molar refractivity (Wildman–Crippen MR) is 403 cm³/mol. The number of aromatic carboxylic acids is 2. The number of nitrogen functional groups attached to an aromatic ring is 1. The Balaban J connectivity index is 0.741. The molecule has 2 aliphatic carbocycles. The number of aromatic nitrogens is 2. The average Bonchev–Trinajstić information content (AvgIpc) is 1.07. The van der Waals surface area contributed by atoms with Crippen LogP contribution >= 0.6 is 23.5 Å². The number of carbonyl (C=O) groups excluding carboxylic acids is 4. The van der Waals surface area contributed by atoms with E-state index in [9.17, 15) is 77.2 Å². The van der Waals surface area contributed by atoms with E-state index >= 15 is 0 Å². The molecule has 11 rings (SSSR count). The summed E-state index contributed by atoms with van der Waals surface area (Å²) >= 11 is 0. The molecule has 4 amide bonds. The Morgan fingerprint density at radius 3 is 1.94 bits per heavy atom. The Kier molecular flexibility index (Phi) is 24.5. The molecule has 1 aromatic heterocycles. The van der Waals surface area contributed by atoms with Gasteiger partial charge in [0.15, 0.2) is 11.7 Å². The number of benzene rings is 7. The number of aromatic hydroxyl groups is 1. The number of unbranched alkanes of at least 4 members (excludes halogenated alkanes) is 2. The summed E-state index contributed by atoms with van der Waals surface area (Å²) in [6.45, 7) is -0.234. The molecule has 5 aliphatic rings. The summed E-state index contributed by atoms with van der Waals surface area (Å²) < 4.78 is 67.9. The van der Waals surface area contributed by atoms with Crippen LogP contribution in [0.2, 0.25) is 0 Å². The molecule has 1 fully saturated rings. The van der Waals surface area contributed by atoms with Crippen LogP contribution in [0.15, 0.2) is 158 Å². The fourth-order valence-electron chi connectivity index (χ4n) is 12.2. The molecule has 4 heterocycles. The summed E-state index contributed by atoms with van der Waals surface area (Å²) in [5, 5.41) is 44.4. The van der Waals surface area contributed by atoms with Gasteiger partial charge in [-0.15, -0.1) is 0 Å². The van der Waals surface area contributed by atoms with Crippen molar-refractivity contribution in [3.63, 3.8) is 0 Å². The van der Waals surface area contributed by atoms with Crippen LogP contribution in [0.3, 0.4) is 0 Å². The Morgan fingerprint density at radius 1 is 0.676 bits per heavy atom. The maximum Gasteiger partial charge on any atom is 0.490 e. The lowest BCUT2D eigenvalue weighted by Gasteiger charge is -2.20. The highest BCUT2D eigenvalue weighted by atomic mass is 31.3. The molecule has 574 valence electrons. The minimum absolute atomic E-state index is 0.0115. The van der Waals surface area contributed by atoms with Crippen molar-refractivity contribution < 1.29 is 104 Å². The van der Waals surface area contributed by atoms with E-state index in [0.717, 1.165) is 15.6 Å². The van der Waals surface area contributed by atoms with Gasteiger partial charge in [-0.05, 0) is 115 Å². The molecular formula is C75H71N9O24P3+. The van der Waals surface area contributed by atoms with Gasteiger partial charge in [-0.1, -0.05) is 54.4 Å². The third-order valence-electron chi connectivity index (χ3n) is 17.4. The molecule has 36 heteroatoms. The number of hydrogen-bond donors (Lipinski definition) is 12. The minimum atomic E-state index is -5.82. The third kappa shape index (κ3) is 19.9. The topological polar surface area (TPSA) is 491 Å². The zero-order chi connectivity index (χ0) is 79.8. The number of ether oxygens (including phenoxy) is 1. The van der Waals surface area contributed by atoms with Gasteiger partial charge in [-0.2, -0.15) is 13.6 Å². The van der Waals surface area contributed by atoms with Crippen molar-refractivity contribution in [1.82, 2.24) is 35.4 Å². The maximum absolute atomic E-state index is 14.5. The van der Waals surface area contributed by atoms with Crippen molar-refractivity contribution in [3.05, 3.63) is 205 Å². The van der Waals surface area contributed by atoms with Gasteiger partial charge < -0.3 is 80.4 Å². The standard InChI is InChI=1S/C75H70N9O24P3/c1-82(2)47-19-25-53-60(37-47)103-61-38-48(83(3)4)20-26-54(61)67(53)52-24-18-45(36-58(52)74(93)94)71(89)80-59(72(90)79-31-7-5-6-12-64(87)77-32-9-11-46-41-84(75(95)81-69(46)76)65-29-30-66(105-65)106-110(99,100)108-111(101,102)107-109(96,97)98)34-43-15-13-42(14-16-43)10-8-33-78-70(88)44-17-23-51(57(35-44)73(91)92)68-55-27-21-49(85)39-62(55)104-63-40-50(86)22-28-56(63)68/h13-28,35-41,59,65-66H,5-7,12,29-34H2,1-4H3,(H12-,76,77,78,79,80,81,85,86,87,88,89,90,91,92,93,94,95,96,97,98,99,100,101,102)/p+1/t59?,65-,66-/m1/s1. The highest BCUT2D eigenvalue weighted by molar-refractivity contribution is 7.66. The lowest BCUT2D eigenvalue weighted by molar-refractivity contribution is -0.123. The van der Waals surface area contributed by atoms with Gasteiger partial charge in [-0.25, -0.2) is 32.7 Å². The van der Waals surface area contributed by atoms with E-state index in [4.69, 9.17) is 33.6 Å². The SMILES string of the molecule is CN(C)c1ccc2c(-c3ccc(C(=O)NC(Cc4ccc(C#CCNC(=O)c5ccc(-c6c7ccc(=O)cc-7oc7cc(O)ccc67)c(C(=O)O)c5)cc4)C(=O)NCCCCCC(=O)NCC#Cc4cn([C@H]5CC[C@@H](OP(=O)(O)OP(=O)(O)OP(=O)(O)O)O5)c(=O)nc4N)cc3C(=O)O)c3ccc(=[N+](C)C)cc-3oc2c1. The van der Waals surface area contributed by atoms with Crippen LogP contribution in [0, 0.1) is 23.7 Å². The van der Waals surface area contributed by atoms with Crippen LogP contribution in [-0.2, 0) is 47.6 Å². The Morgan fingerprint density at radius 2 is 1.29 bits per heavy atom. The van der Waals surface area contributed by atoms with Crippen molar-refractivity contribution >= 4 is 92.5 Å². The lowest BCUT2D eigenvalue weighted by atomic mass is 9.89. The summed E-state index contributed by atoms with van der Waals surface area (Å²) in [5.41, 5.74) is 9.28. The number of nitrogens with zero attached hydrogens (tertiary/aromatic N) is 4. The van der Waals surface area contributed by atoms with Gasteiger partial charge in [-0.3, -0.25) is 33.1 Å². The number of nitrogens with two attached hydrogens (primary N) is 1. The van der Waals surface area contributed by atoms with Gasteiger partial charge in [0.1, 0.15) is 60.6 Å². The van der Waals surface area contributed by atoms with Crippen LogP contribution in [0.1, 0.15) is 103 Å². The number of hydrogen-bond acceptors (Lipinski definition) is 21. The van der Waals surface area contributed by atoms with Gasteiger partial charge in [0, 0.05) is 126 Å². The number of phenols is 1. The Hall–Kier alpha value is -11.9. The summed E-state index contributed by atoms with van der Waals surface area (Å²) in [7, 11) is -9.50. The first-order chi connectivity index (χ1) is 52.7. The first kappa shape index (κ1) is 80.1. The molecule has 1 saturated heterocycles. The molecule has 5 atom stereocenters. The van der Waals surface area contributed by atoms with Gasteiger partial charge in [0.2, 0.25) is 17.2 Å². The first-order valence-electron chi connectivity index (χ1n) is 33.9. The number of carbonyl (C=O) groups is 6. The first-order valence-corrected chi connectivity index (χ1v) is 38.4. The number of nitrogens with one attached hydrogen (secondary N) is 4. The van der Waals surface area contributed by atoms with Gasteiger partial charge >= 0.3 is 41.1 Å². The van der Waals surface area contributed by atoms with E-state index < -0.39 is 77.4 Å². The van der Waals surface area contributed by atoms with Crippen LogP contribution in [-0.4, -0.2) is 140 Å². The molecular weight excluding hydrogens is 1500 g/mol. The van der Waals surface area contributed by atoms with Gasteiger partial charge in [0.25, 0.3) is 11.8 Å². The van der Waals surface area contributed by atoms with E-state index in [1.54, 1.807) is 36.4 Å². The zero-order valence-electron chi connectivity index (χ0n) is 59.4. The highest BCUT2D eigenvalue weighted by Crippen LogP contribution is 2.67. The van der Waals surface area contributed by atoms with E-state index in [1.165, 1.54) is 66.9 Å². The number of anilines is 2. The van der Waals surface area contributed by atoms with Crippen molar-refractivity contribution in [3.8, 4) is 74.3 Å². The average molecular weight is 1580 g/mol. The van der Waals surface area contributed by atoms with Crippen LogP contribution in [0.5, 0.6) is 5.75 Å². The van der Waals surface area contributed by atoms with Crippen LogP contribution in [0.4, 0.5) is 11.5 Å². The smallest absolute Gasteiger partial charge is 0.490 e. The second kappa shape index (κ2) is 33.9. The Bertz CT molecular complexity index is 5810. The number of amides is 4. The predicted octanol–water partition coefficient (Wildman–Crippen LogP) is 7.37. The quantitative estimate of drug-likeness (QED) is 0.00827. The van der Waals surface area contributed by atoms with Crippen LogP contribution in [0.25, 0.3) is 66.8 Å². The molecule has 3 unspecified atom stereocenters. The number of fused-ring (bicyclic) bond motifs is 4. The minimum Gasteiger partial charge on any atom is -0.508 e. The fourth-order valence-corrected chi connectivity index (χ4v) is 15.3. The summed E-state index contributed by atoms with van der Waals surface area (Å²) in [6, 6.07) is 33.5. The molecule has 0 radical (unpaired) electrons. The largest absolute Gasteiger partial charge is 0.508 e. The summed E-state index contributed by atoms with van der Waals surface area (Å²) in [4.78, 5) is 149. The Labute approximate surface area is 630 Å². The summed E-state index contributed by atoms with van der Waals surface area (Å²) in [6.07, 6.45) is -0.742. The number of rotatable bonds is 26. The molecule has 111 heavy (non-hydrogen) atoms. The van der Waals surface area contributed by atoms with Crippen molar-refractivity contribution in [2.45, 2.75) is 63.5 Å². The second-order valence-electron chi connectivity index (χ2n) is 25.7. The third-order valence-corrected chi connectivity index (χ3v) is 21.3. The maximum atomic E-state index is 14.5. The molecule has 5 aromatic carbocycles. The number of phenolic OH excluding ortho intramolecular Hbond substituents is 1. The molecule has 0 bridgehead atoms. The van der Waals surface area contributed by atoms with E-state index in [0.29, 0.717) is 80.3 Å². The normalized spacial score (nSPS) is 14.7. The van der Waals surface area contributed by atoms with Crippen molar-refractivity contribution in [2.75, 3.05) is 58.5 Å². The molecule has 33 nitrogen and oxygen atoms in total. The van der Waals surface area contributed by atoms with Crippen molar-refractivity contribution in [1.29, 1.82) is 0 Å². The number of phosphoric ester groups is 1. The molecule has 0 saturated carbocycles. The lowest BCUT2D eigenvalue weighted by Crippen LogP contribution is -2.48. The zero-order valence-corrected chi connectivity index (χ0v) is 62.0. The van der Waals surface area contributed by atoms with Crippen LogP contribution < -0.4 is 53.0 Å². The molecule has 0 spiro atoms. The molecule has 3 aliphatic heterocycles.